The summed E-state index contributed by atoms with van der Waals surface area (Å²) in [4.78, 5) is 2.78. The van der Waals surface area contributed by atoms with Crippen LogP contribution in [-0.4, -0.2) is 5.33 Å². The van der Waals surface area contributed by atoms with Gasteiger partial charge in [-0.05, 0) is 11.1 Å². The van der Waals surface area contributed by atoms with E-state index in [0.29, 0.717) is 5.33 Å². The SMILES string of the molecule is [N-]=[N+]=NC(CBr)c1ccccc1. The lowest BCUT2D eigenvalue weighted by molar-refractivity contribution is 0.827. The smallest absolute Gasteiger partial charge is 0.0722 e. The van der Waals surface area contributed by atoms with Crippen LogP contribution in [-0.2, 0) is 0 Å². The van der Waals surface area contributed by atoms with Crippen LogP contribution < -0.4 is 0 Å². The average Bonchev–Trinajstić information content (AvgIpc) is 2.15. The molecule has 12 heavy (non-hydrogen) atoms. The van der Waals surface area contributed by atoms with E-state index in [4.69, 9.17) is 5.53 Å². The Morgan fingerprint density at radius 2 is 2.08 bits per heavy atom. The fourth-order valence-corrected chi connectivity index (χ4v) is 1.43. The van der Waals surface area contributed by atoms with Gasteiger partial charge in [0.15, 0.2) is 0 Å². The predicted octanol–water partition coefficient (Wildman–Crippen LogP) is 3.43. The molecule has 0 spiro atoms. The summed E-state index contributed by atoms with van der Waals surface area (Å²) < 4.78 is 0. The maximum Gasteiger partial charge on any atom is 0.0722 e. The Balaban J connectivity index is 2.87. The molecular weight excluding hydrogens is 218 g/mol. The summed E-state index contributed by atoms with van der Waals surface area (Å²) in [6.07, 6.45) is 0. The first kappa shape index (κ1) is 9.10. The molecule has 0 aliphatic carbocycles. The lowest BCUT2D eigenvalue weighted by atomic mass is 10.1. The number of azide groups is 1. The quantitative estimate of drug-likeness (QED) is 0.328. The highest BCUT2D eigenvalue weighted by Crippen LogP contribution is 2.18. The van der Waals surface area contributed by atoms with Gasteiger partial charge < -0.3 is 0 Å². The highest BCUT2D eigenvalue weighted by atomic mass is 79.9. The van der Waals surface area contributed by atoms with Crippen LogP contribution in [0.2, 0.25) is 0 Å². The van der Waals surface area contributed by atoms with Crippen LogP contribution in [0.15, 0.2) is 35.4 Å². The van der Waals surface area contributed by atoms with E-state index in [-0.39, 0.29) is 6.04 Å². The number of hydrogen-bond donors (Lipinski definition) is 0. The molecule has 1 aromatic carbocycles. The highest BCUT2D eigenvalue weighted by Gasteiger charge is 2.05. The molecule has 0 bridgehead atoms. The van der Waals surface area contributed by atoms with Crippen LogP contribution >= 0.6 is 15.9 Å². The van der Waals surface area contributed by atoms with Crippen LogP contribution in [0.3, 0.4) is 0 Å². The minimum Gasteiger partial charge on any atom is -0.0920 e. The standard InChI is InChI=1S/C8H8BrN3/c9-6-8(11-12-10)7-4-2-1-3-5-7/h1-5,8H,6H2. The third kappa shape index (κ3) is 2.26. The molecule has 4 heteroatoms. The van der Waals surface area contributed by atoms with Crippen molar-refractivity contribution in [1.82, 2.24) is 0 Å². The number of rotatable bonds is 3. The Bertz CT molecular complexity index is 280. The van der Waals surface area contributed by atoms with Crippen molar-refractivity contribution in [3.8, 4) is 0 Å². The molecule has 1 rings (SSSR count). The topological polar surface area (TPSA) is 48.8 Å². The van der Waals surface area contributed by atoms with E-state index < -0.39 is 0 Å². The normalized spacial score (nSPS) is 11.8. The molecule has 1 unspecified atom stereocenters. The van der Waals surface area contributed by atoms with E-state index in [1.54, 1.807) is 0 Å². The first-order valence-electron chi connectivity index (χ1n) is 3.53. The molecule has 1 atom stereocenters. The van der Waals surface area contributed by atoms with Crippen molar-refractivity contribution >= 4 is 15.9 Å². The summed E-state index contributed by atoms with van der Waals surface area (Å²) in [5.74, 6) is 0. The van der Waals surface area contributed by atoms with Gasteiger partial charge in [-0.3, -0.25) is 0 Å². The van der Waals surface area contributed by atoms with Gasteiger partial charge in [0.2, 0.25) is 0 Å². The molecule has 1 aromatic rings. The Labute approximate surface area is 79.2 Å². The summed E-state index contributed by atoms with van der Waals surface area (Å²) >= 11 is 3.29. The Hall–Kier alpha value is -0.990. The molecule has 0 aliphatic rings. The first-order valence-corrected chi connectivity index (χ1v) is 4.65. The second kappa shape index (κ2) is 4.80. The van der Waals surface area contributed by atoms with Crippen molar-refractivity contribution in [3.63, 3.8) is 0 Å². The summed E-state index contributed by atoms with van der Waals surface area (Å²) in [7, 11) is 0. The minimum absolute atomic E-state index is 0.101. The van der Waals surface area contributed by atoms with Gasteiger partial charge in [-0.25, -0.2) is 0 Å². The van der Waals surface area contributed by atoms with Crippen molar-refractivity contribution in [2.24, 2.45) is 5.11 Å². The molecular formula is C8H8BrN3. The van der Waals surface area contributed by atoms with Crippen molar-refractivity contribution in [3.05, 3.63) is 46.3 Å². The maximum atomic E-state index is 8.27. The van der Waals surface area contributed by atoms with Crippen molar-refractivity contribution in [1.29, 1.82) is 0 Å². The third-order valence-corrected chi connectivity index (χ3v) is 2.13. The molecule has 0 fully saturated rings. The Morgan fingerprint density at radius 3 is 2.58 bits per heavy atom. The molecule has 0 saturated carbocycles. The zero-order valence-corrected chi connectivity index (χ0v) is 7.98. The first-order chi connectivity index (χ1) is 5.88. The second-order valence-electron chi connectivity index (χ2n) is 2.29. The molecule has 0 heterocycles. The number of hydrogen-bond acceptors (Lipinski definition) is 1. The van der Waals surface area contributed by atoms with E-state index in [0.717, 1.165) is 5.56 Å². The second-order valence-corrected chi connectivity index (χ2v) is 2.93. The fourth-order valence-electron chi connectivity index (χ4n) is 0.924. The Kier molecular flexibility index (Phi) is 3.64. The largest absolute Gasteiger partial charge is 0.0920 e. The van der Waals surface area contributed by atoms with E-state index in [2.05, 4.69) is 26.0 Å². The molecule has 0 radical (unpaired) electrons. The molecule has 62 valence electrons. The molecule has 0 aliphatic heterocycles. The number of alkyl halides is 1. The van der Waals surface area contributed by atoms with Gasteiger partial charge in [-0.1, -0.05) is 51.4 Å². The zero-order chi connectivity index (χ0) is 8.81. The Morgan fingerprint density at radius 1 is 1.42 bits per heavy atom. The zero-order valence-electron chi connectivity index (χ0n) is 6.39. The number of nitrogens with zero attached hydrogens (tertiary/aromatic N) is 3. The van der Waals surface area contributed by atoms with Crippen LogP contribution in [0, 0.1) is 0 Å². The lowest BCUT2D eigenvalue weighted by Crippen LogP contribution is -1.94. The van der Waals surface area contributed by atoms with E-state index in [1.807, 2.05) is 30.3 Å². The van der Waals surface area contributed by atoms with Gasteiger partial charge in [-0.15, -0.1) is 0 Å². The van der Waals surface area contributed by atoms with Crippen LogP contribution in [0.25, 0.3) is 10.4 Å². The van der Waals surface area contributed by atoms with E-state index in [1.165, 1.54) is 0 Å². The molecule has 3 nitrogen and oxygen atoms in total. The van der Waals surface area contributed by atoms with E-state index in [9.17, 15) is 0 Å². The van der Waals surface area contributed by atoms with Gasteiger partial charge in [0, 0.05) is 10.2 Å². The summed E-state index contributed by atoms with van der Waals surface area (Å²) in [6, 6.07) is 9.58. The van der Waals surface area contributed by atoms with Crippen LogP contribution in [0.4, 0.5) is 0 Å². The van der Waals surface area contributed by atoms with Crippen LogP contribution in [0.1, 0.15) is 11.6 Å². The summed E-state index contributed by atoms with van der Waals surface area (Å²) in [5, 5.41) is 4.30. The molecule has 0 amide bonds. The highest BCUT2D eigenvalue weighted by molar-refractivity contribution is 9.09. The van der Waals surface area contributed by atoms with Crippen LogP contribution in [0.5, 0.6) is 0 Å². The van der Waals surface area contributed by atoms with Crippen molar-refractivity contribution < 1.29 is 0 Å². The maximum absolute atomic E-state index is 8.27. The van der Waals surface area contributed by atoms with E-state index >= 15 is 0 Å². The summed E-state index contributed by atoms with van der Waals surface area (Å²) in [6.45, 7) is 0. The molecule has 0 aromatic heterocycles. The van der Waals surface area contributed by atoms with Gasteiger partial charge in [0.25, 0.3) is 0 Å². The molecule has 0 N–H and O–H groups in total. The predicted molar refractivity (Wildman–Crippen MR) is 52.1 cm³/mol. The van der Waals surface area contributed by atoms with Gasteiger partial charge >= 0.3 is 0 Å². The number of halogens is 1. The fraction of sp³-hybridized carbons (Fsp3) is 0.250. The van der Waals surface area contributed by atoms with Crippen molar-refractivity contribution in [2.75, 3.05) is 5.33 Å². The van der Waals surface area contributed by atoms with Gasteiger partial charge in [0.1, 0.15) is 0 Å². The van der Waals surface area contributed by atoms with Crippen molar-refractivity contribution in [2.45, 2.75) is 6.04 Å². The van der Waals surface area contributed by atoms with Gasteiger partial charge in [-0.2, -0.15) is 0 Å². The monoisotopic (exact) mass is 225 g/mol. The lowest BCUT2D eigenvalue weighted by Gasteiger charge is -2.05. The van der Waals surface area contributed by atoms with Gasteiger partial charge in [0.05, 0.1) is 6.04 Å². The minimum atomic E-state index is -0.101. The summed E-state index contributed by atoms with van der Waals surface area (Å²) in [5.41, 5.74) is 9.30. The third-order valence-electron chi connectivity index (χ3n) is 1.52. The number of benzene rings is 1. The molecule has 0 saturated heterocycles. The average molecular weight is 226 g/mol.